The zero-order valence-electron chi connectivity index (χ0n) is 12.2. The number of fused-ring (bicyclic) bond motifs is 1. The average Bonchev–Trinajstić information content (AvgIpc) is 2.53. The molecule has 1 aliphatic rings. The summed E-state index contributed by atoms with van der Waals surface area (Å²) in [6.45, 7) is 3.32. The van der Waals surface area contributed by atoms with Gasteiger partial charge in [0.15, 0.2) is 5.82 Å². The summed E-state index contributed by atoms with van der Waals surface area (Å²) < 4.78 is 0. The van der Waals surface area contributed by atoms with Crippen LogP contribution in [0.1, 0.15) is 26.2 Å². The van der Waals surface area contributed by atoms with E-state index < -0.39 is 0 Å². The van der Waals surface area contributed by atoms with Crippen LogP contribution in [0.5, 0.6) is 0 Å². The molecule has 20 heavy (non-hydrogen) atoms. The summed E-state index contributed by atoms with van der Waals surface area (Å²) in [6.07, 6.45) is 5.59. The number of rotatable bonds is 3. The van der Waals surface area contributed by atoms with Crippen molar-refractivity contribution in [2.75, 3.05) is 18.5 Å². The lowest BCUT2D eigenvalue weighted by Crippen LogP contribution is -2.50. The summed E-state index contributed by atoms with van der Waals surface area (Å²) in [5, 5.41) is 14.4. The maximum atomic E-state index is 4.45. The second kappa shape index (κ2) is 5.75. The van der Waals surface area contributed by atoms with Crippen LogP contribution in [0.3, 0.4) is 0 Å². The molecule has 1 N–H and O–H groups in total. The Labute approximate surface area is 120 Å². The summed E-state index contributed by atoms with van der Waals surface area (Å²) in [7, 11) is 2.03. The second-order valence-electron chi connectivity index (χ2n) is 5.59. The molecule has 2 aromatic rings. The third kappa shape index (κ3) is 2.36. The van der Waals surface area contributed by atoms with Gasteiger partial charge >= 0.3 is 0 Å². The van der Waals surface area contributed by atoms with E-state index in [9.17, 15) is 0 Å². The molecular formula is C16H22N4. The van der Waals surface area contributed by atoms with Crippen molar-refractivity contribution in [1.82, 2.24) is 15.5 Å². The number of nitrogens with zero attached hydrogens (tertiary/aromatic N) is 3. The van der Waals surface area contributed by atoms with Crippen molar-refractivity contribution in [2.45, 2.75) is 38.3 Å². The monoisotopic (exact) mass is 270 g/mol. The third-order valence-corrected chi connectivity index (χ3v) is 4.40. The highest BCUT2D eigenvalue weighted by atomic mass is 15.3. The van der Waals surface area contributed by atoms with Crippen molar-refractivity contribution in [3.05, 3.63) is 30.5 Å². The Morgan fingerprint density at radius 1 is 1.30 bits per heavy atom. The molecule has 1 aromatic heterocycles. The highest BCUT2D eigenvalue weighted by molar-refractivity contribution is 5.91. The maximum absolute atomic E-state index is 4.45. The fraction of sp³-hybridized carbons (Fsp3) is 0.500. The van der Waals surface area contributed by atoms with E-state index in [0.717, 1.165) is 12.4 Å². The van der Waals surface area contributed by atoms with Crippen molar-refractivity contribution in [3.63, 3.8) is 0 Å². The van der Waals surface area contributed by atoms with Crippen molar-refractivity contribution in [2.24, 2.45) is 0 Å². The van der Waals surface area contributed by atoms with Gasteiger partial charge in [-0.1, -0.05) is 24.3 Å². The number of piperidine rings is 1. The minimum Gasteiger partial charge on any atom is -0.350 e. The van der Waals surface area contributed by atoms with Crippen LogP contribution in [0.25, 0.3) is 10.8 Å². The summed E-state index contributed by atoms with van der Waals surface area (Å²) in [5.74, 6) is 1.04. The first-order valence-corrected chi connectivity index (χ1v) is 7.45. The van der Waals surface area contributed by atoms with Crippen molar-refractivity contribution < 1.29 is 0 Å². The molecule has 1 saturated heterocycles. The quantitative estimate of drug-likeness (QED) is 0.931. The fourth-order valence-corrected chi connectivity index (χ4v) is 3.16. The van der Waals surface area contributed by atoms with Crippen LogP contribution < -0.4 is 10.2 Å². The number of nitrogens with one attached hydrogen (secondary N) is 1. The Morgan fingerprint density at radius 3 is 3.00 bits per heavy atom. The van der Waals surface area contributed by atoms with Gasteiger partial charge in [-0.05, 0) is 33.2 Å². The minimum absolute atomic E-state index is 0.455. The summed E-state index contributed by atoms with van der Waals surface area (Å²) in [5.41, 5.74) is 0. The second-order valence-corrected chi connectivity index (χ2v) is 5.59. The molecule has 3 rings (SSSR count). The Kier molecular flexibility index (Phi) is 3.83. The zero-order valence-corrected chi connectivity index (χ0v) is 12.2. The number of benzene rings is 1. The van der Waals surface area contributed by atoms with Crippen LogP contribution in [0, 0.1) is 0 Å². The molecule has 2 unspecified atom stereocenters. The largest absolute Gasteiger partial charge is 0.350 e. The fourth-order valence-electron chi connectivity index (χ4n) is 3.16. The zero-order chi connectivity index (χ0) is 13.9. The van der Waals surface area contributed by atoms with E-state index in [1.165, 1.54) is 30.0 Å². The topological polar surface area (TPSA) is 41.0 Å². The van der Waals surface area contributed by atoms with Gasteiger partial charge in [0.1, 0.15) is 0 Å². The van der Waals surface area contributed by atoms with E-state index >= 15 is 0 Å². The Hall–Kier alpha value is -1.68. The minimum atomic E-state index is 0.455. The van der Waals surface area contributed by atoms with Crippen LogP contribution in [0.15, 0.2) is 30.5 Å². The Balaban J connectivity index is 2.03. The molecule has 4 nitrogen and oxygen atoms in total. The molecule has 0 radical (unpaired) electrons. The van der Waals surface area contributed by atoms with Gasteiger partial charge in [-0.3, -0.25) is 0 Å². The standard InChI is InChI=1S/C16H22N4/c1-12(17-2)15-9-5-6-10-20(15)16-14-8-4-3-7-13(14)11-18-19-16/h3-4,7-8,11-12,15,17H,5-6,9-10H2,1-2H3. The molecule has 0 bridgehead atoms. The molecule has 2 atom stereocenters. The van der Waals surface area contributed by atoms with E-state index in [-0.39, 0.29) is 0 Å². The number of likely N-dealkylation sites (N-methyl/N-ethyl adjacent to an activating group) is 1. The van der Waals surface area contributed by atoms with E-state index in [1.807, 2.05) is 13.2 Å². The first kappa shape index (κ1) is 13.3. The number of anilines is 1. The van der Waals surface area contributed by atoms with Gasteiger partial charge in [0.05, 0.1) is 6.20 Å². The van der Waals surface area contributed by atoms with Gasteiger partial charge in [-0.25, -0.2) is 0 Å². The first-order valence-electron chi connectivity index (χ1n) is 7.45. The Morgan fingerprint density at radius 2 is 2.15 bits per heavy atom. The third-order valence-electron chi connectivity index (χ3n) is 4.40. The maximum Gasteiger partial charge on any atom is 0.159 e. The lowest BCUT2D eigenvalue weighted by atomic mass is 9.96. The van der Waals surface area contributed by atoms with Crippen molar-refractivity contribution in [3.8, 4) is 0 Å². The van der Waals surface area contributed by atoms with E-state index in [4.69, 9.17) is 0 Å². The van der Waals surface area contributed by atoms with E-state index in [1.54, 1.807) is 0 Å². The number of hydrogen-bond donors (Lipinski definition) is 1. The first-order chi connectivity index (χ1) is 9.81. The smallest absolute Gasteiger partial charge is 0.159 e. The van der Waals surface area contributed by atoms with Crippen molar-refractivity contribution in [1.29, 1.82) is 0 Å². The van der Waals surface area contributed by atoms with Crippen molar-refractivity contribution >= 4 is 16.6 Å². The van der Waals surface area contributed by atoms with E-state index in [0.29, 0.717) is 12.1 Å². The van der Waals surface area contributed by atoms with Crippen LogP contribution in [-0.4, -0.2) is 35.9 Å². The van der Waals surface area contributed by atoms with Gasteiger partial charge in [0.25, 0.3) is 0 Å². The molecule has 1 aliphatic heterocycles. The molecular weight excluding hydrogens is 248 g/mol. The van der Waals surface area contributed by atoms with Gasteiger partial charge in [-0.2, -0.15) is 5.10 Å². The molecule has 0 amide bonds. The summed E-state index contributed by atoms with van der Waals surface area (Å²) in [6, 6.07) is 9.33. The number of aromatic nitrogens is 2. The van der Waals surface area contributed by atoms with Crippen LogP contribution >= 0.6 is 0 Å². The molecule has 1 aromatic carbocycles. The SMILES string of the molecule is CNC(C)C1CCCCN1c1nncc2ccccc12. The molecule has 2 heterocycles. The predicted molar refractivity (Wildman–Crippen MR) is 83.0 cm³/mol. The lowest BCUT2D eigenvalue weighted by Gasteiger charge is -2.40. The summed E-state index contributed by atoms with van der Waals surface area (Å²) >= 11 is 0. The summed E-state index contributed by atoms with van der Waals surface area (Å²) in [4.78, 5) is 2.44. The van der Waals surface area contributed by atoms with Crippen LogP contribution in [-0.2, 0) is 0 Å². The van der Waals surface area contributed by atoms with E-state index in [2.05, 4.69) is 51.6 Å². The van der Waals surface area contributed by atoms with Gasteiger partial charge in [0, 0.05) is 29.4 Å². The lowest BCUT2D eigenvalue weighted by molar-refractivity contribution is 0.380. The molecule has 1 fully saturated rings. The van der Waals surface area contributed by atoms with Gasteiger partial charge < -0.3 is 10.2 Å². The van der Waals surface area contributed by atoms with Crippen LogP contribution in [0.4, 0.5) is 5.82 Å². The predicted octanol–water partition coefficient (Wildman–Crippen LogP) is 2.60. The van der Waals surface area contributed by atoms with Gasteiger partial charge in [-0.15, -0.1) is 5.10 Å². The molecule has 0 aliphatic carbocycles. The molecule has 0 spiro atoms. The average molecular weight is 270 g/mol. The Bertz CT molecular complexity index is 578. The van der Waals surface area contributed by atoms with Crippen LogP contribution in [0.2, 0.25) is 0 Å². The molecule has 106 valence electrons. The normalized spacial score (nSPS) is 21.1. The van der Waals surface area contributed by atoms with Gasteiger partial charge in [0.2, 0.25) is 0 Å². The highest BCUT2D eigenvalue weighted by Gasteiger charge is 2.28. The molecule has 0 saturated carbocycles. The highest BCUT2D eigenvalue weighted by Crippen LogP contribution is 2.30. The molecule has 4 heteroatoms. The number of hydrogen-bond acceptors (Lipinski definition) is 4.